The third-order valence-electron chi connectivity index (χ3n) is 3.75. The lowest BCUT2D eigenvalue weighted by molar-refractivity contribution is -0.121. The number of carbonyl (C=O) groups excluding carboxylic acids is 3. The lowest BCUT2D eigenvalue weighted by atomic mass is 10.2. The summed E-state index contributed by atoms with van der Waals surface area (Å²) < 4.78 is 5.29. The van der Waals surface area contributed by atoms with Gasteiger partial charge in [-0.3, -0.25) is 30.6 Å². The molecule has 2 heterocycles. The molecule has 3 amide bonds. The van der Waals surface area contributed by atoms with E-state index < -0.39 is 11.8 Å². The number of nitrogens with one attached hydrogen (secondary N) is 3. The molecule has 0 unspecified atom stereocenters. The van der Waals surface area contributed by atoms with Gasteiger partial charge in [-0.1, -0.05) is 18.2 Å². The van der Waals surface area contributed by atoms with Gasteiger partial charge in [0.1, 0.15) is 11.5 Å². The molecule has 0 radical (unpaired) electrons. The number of hydrogen-bond acceptors (Lipinski definition) is 6. The molecule has 0 saturated carbocycles. The smallest absolute Gasteiger partial charge is 0.273 e. The average Bonchev–Trinajstić information content (AvgIpc) is 3.25. The first-order valence-electron chi connectivity index (χ1n) is 8.39. The van der Waals surface area contributed by atoms with Crippen LogP contribution in [-0.4, -0.2) is 22.7 Å². The maximum absolute atomic E-state index is 12.1. The van der Waals surface area contributed by atoms with Gasteiger partial charge in [-0.25, -0.2) is 4.98 Å². The van der Waals surface area contributed by atoms with Crippen molar-refractivity contribution in [1.29, 1.82) is 0 Å². The highest BCUT2D eigenvalue weighted by Crippen LogP contribution is 2.17. The van der Waals surface area contributed by atoms with Crippen molar-refractivity contribution in [2.24, 2.45) is 0 Å². The highest BCUT2D eigenvalue weighted by atomic mass is 32.1. The lowest BCUT2D eigenvalue weighted by Crippen LogP contribution is -2.42. The first kappa shape index (κ1) is 19.3. The second-order valence-electron chi connectivity index (χ2n) is 5.97. The summed E-state index contributed by atoms with van der Waals surface area (Å²) in [5.74, 6) is -0.0812. The van der Waals surface area contributed by atoms with E-state index in [0.29, 0.717) is 33.5 Å². The number of thiazole rings is 1. The van der Waals surface area contributed by atoms with Gasteiger partial charge in [-0.2, -0.15) is 0 Å². The Kier molecular flexibility index (Phi) is 5.85. The molecular weight excluding hydrogens is 380 g/mol. The first-order chi connectivity index (χ1) is 13.4. The van der Waals surface area contributed by atoms with Crippen LogP contribution in [0.3, 0.4) is 0 Å². The van der Waals surface area contributed by atoms with Crippen LogP contribution < -0.4 is 16.2 Å². The fraction of sp³-hybridized carbons (Fsp3) is 0.158. The number of nitrogens with zero attached hydrogens (tertiary/aromatic N) is 1. The lowest BCUT2D eigenvalue weighted by Gasteiger charge is -2.05. The molecule has 1 aromatic carbocycles. The molecule has 0 aliphatic rings. The van der Waals surface area contributed by atoms with Crippen molar-refractivity contribution in [1.82, 2.24) is 15.8 Å². The van der Waals surface area contributed by atoms with E-state index in [-0.39, 0.29) is 12.3 Å². The monoisotopic (exact) mass is 398 g/mol. The number of benzene rings is 1. The number of rotatable bonds is 5. The Labute approximate surface area is 164 Å². The second-order valence-corrected chi connectivity index (χ2v) is 6.83. The molecule has 0 saturated heterocycles. The minimum atomic E-state index is -0.461. The Bertz CT molecular complexity index is 1010. The highest BCUT2D eigenvalue weighted by Gasteiger charge is 2.15. The van der Waals surface area contributed by atoms with Crippen molar-refractivity contribution in [3.05, 3.63) is 70.1 Å². The maximum Gasteiger partial charge on any atom is 0.273 e. The minimum Gasteiger partial charge on any atom is -0.466 e. The second kappa shape index (κ2) is 8.49. The van der Waals surface area contributed by atoms with E-state index in [1.807, 2.05) is 6.07 Å². The van der Waals surface area contributed by atoms with Crippen LogP contribution in [0, 0.1) is 13.8 Å². The molecule has 28 heavy (non-hydrogen) atoms. The molecule has 144 valence electrons. The molecule has 0 spiro atoms. The Hall–Kier alpha value is -3.46. The normalized spacial score (nSPS) is 10.4. The number of hydrogen-bond donors (Lipinski definition) is 3. The van der Waals surface area contributed by atoms with Crippen molar-refractivity contribution in [2.45, 2.75) is 20.3 Å². The molecule has 2 aromatic heterocycles. The summed E-state index contributed by atoms with van der Waals surface area (Å²) in [5.41, 5.74) is 6.04. The summed E-state index contributed by atoms with van der Waals surface area (Å²) in [7, 11) is 0. The van der Waals surface area contributed by atoms with Gasteiger partial charge in [0.2, 0.25) is 5.91 Å². The Morgan fingerprint density at radius 2 is 1.82 bits per heavy atom. The molecular formula is C19H18N4O4S. The molecule has 0 fully saturated rings. The van der Waals surface area contributed by atoms with Crippen molar-refractivity contribution >= 4 is 34.2 Å². The van der Waals surface area contributed by atoms with Crippen LogP contribution >= 0.6 is 11.3 Å². The zero-order valence-electron chi connectivity index (χ0n) is 15.2. The summed E-state index contributed by atoms with van der Waals surface area (Å²) in [6.07, 6.45) is -0.0403. The van der Waals surface area contributed by atoms with Crippen molar-refractivity contribution < 1.29 is 18.8 Å². The van der Waals surface area contributed by atoms with Gasteiger partial charge in [0, 0.05) is 10.9 Å². The quantitative estimate of drug-likeness (QED) is 0.572. The predicted molar refractivity (Wildman–Crippen MR) is 104 cm³/mol. The molecule has 9 heteroatoms. The fourth-order valence-corrected chi connectivity index (χ4v) is 3.17. The van der Waals surface area contributed by atoms with E-state index in [2.05, 4.69) is 21.2 Å². The van der Waals surface area contributed by atoms with Crippen LogP contribution in [0.1, 0.15) is 37.9 Å². The molecule has 8 nitrogen and oxygen atoms in total. The van der Waals surface area contributed by atoms with Crippen molar-refractivity contribution in [3.8, 4) is 0 Å². The van der Waals surface area contributed by atoms with E-state index >= 15 is 0 Å². The van der Waals surface area contributed by atoms with Crippen LogP contribution in [-0.2, 0) is 11.2 Å². The van der Waals surface area contributed by atoms with Crippen LogP contribution in [0.15, 0.2) is 46.2 Å². The zero-order valence-corrected chi connectivity index (χ0v) is 16.1. The van der Waals surface area contributed by atoms with Gasteiger partial charge >= 0.3 is 0 Å². The van der Waals surface area contributed by atoms with Crippen LogP contribution in [0.25, 0.3) is 0 Å². The maximum atomic E-state index is 12.1. The van der Waals surface area contributed by atoms with E-state index in [9.17, 15) is 14.4 Å². The fourth-order valence-electron chi connectivity index (χ4n) is 2.46. The number of carbonyl (C=O) groups is 3. The molecule has 3 N–H and O–H groups in total. The molecule has 3 aromatic rings. The third kappa shape index (κ3) is 4.83. The van der Waals surface area contributed by atoms with Crippen LogP contribution in [0.5, 0.6) is 0 Å². The molecule has 0 atom stereocenters. The number of hydrazine groups is 1. The highest BCUT2D eigenvalue weighted by molar-refractivity contribution is 7.14. The van der Waals surface area contributed by atoms with E-state index in [0.717, 1.165) is 0 Å². The number of amides is 3. The summed E-state index contributed by atoms with van der Waals surface area (Å²) in [6, 6.07) is 10.4. The molecule has 0 bridgehead atoms. The average molecular weight is 398 g/mol. The Morgan fingerprint density at radius 3 is 2.50 bits per heavy atom. The number of aromatic nitrogens is 1. The van der Waals surface area contributed by atoms with Gasteiger partial charge in [0.05, 0.1) is 17.7 Å². The number of furan rings is 1. The van der Waals surface area contributed by atoms with Gasteiger partial charge in [-0.05, 0) is 32.0 Å². The largest absolute Gasteiger partial charge is 0.466 e. The summed E-state index contributed by atoms with van der Waals surface area (Å²) in [5, 5.41) is 4.75. The predicted octanol–water partition coefficient (Wildman–Crippen LogP) is 2.61. The number of aryl methyl sites for hydroxylation is 2. The van der Waals surface area contributed by atoms with Crippen molar-refractivity contribution in [2.75, 3.05) is 5.32 Å². The van der Waals surface area contributed by atoms with Crippen molar-refractivity contribution in [3.63, 3.8) is 0 Å². The molecule has 0 aliphatic heterocycles. The minimum absolute atomic E-state index is 0.0403. The molecule has 0 aliphatic carbocycles. The SMILES string of the molecule is Cc1cc(C(=O)NNC(=O)Cc2csc(NC(=O)c3ccccc3)n2)c(C)o1. The van der Waals surface area contributed by atoms with E-state index in [1.165, 1.54) is 11.3 Å². The van der Waals surface area contributed by atoms with Crippen LogP contribution in [0.4, 0.5) is 5.13 Å². The van der Waals surface area contributed by atoms with Gasteiger partial charge in [-0.15, -0.1) is 11.3 Å². The van der Waals surface area contributed by atoms with Gasteiger partial charge in [0.25, 0.3) is 11.8 Å². The zero-order chi connectivity index (χ0) is 20.1. The summed E-state index contributed by atoms with van der Waals surface area (Å²) >= 11 is 1.22. The molecule has 3 rings (SSSR count). The standard InChI is InChI=1S/C19H18N4O4S/c1-11-8-15(12(2)27-11)18(26)23-22-16(24)9-14-10-28-19(20-14)21-17(25)13-6-4-3-5-7-13/h3-8,10H,9H2,1-2H3,(H,22,24)(H,23,26)(H,20,21,25). The Morgan fingerprint density at radius 1 is 1.07 bits per heavy atom. The topological polar surface area (TPSA) is 113 Å². The van der Waals surface area contributed by atoms with E-state index in [4.69, 9.17) is 4.42 Å². The number of anilines is 1. The van der Waals surface area contributed by atoms with Crippen LogP contribution in [0.2, 0.25) is 0 Å². The summed E-state index contributed by atoms with van der Waals surface area (Å²) in [6.45, 7) is 3.41. The van der Waals surface area contributed by atoms with Gasteiger partial charge in [0.15, 0.2) is 5.13 Å². The summed E-state index contributed by atoms with van der Waals surface area (Å²) in [4.78, 5) is 40.4. The third-order valence-corrected chi connectivity index (χ3v) is 4.56. The van der Waals surface area contributed by atoms with Gasteiger partial charge < -0.3 is 4.42 Å². The first-order valence-corrected chi connectivity index (χ1v) is 9.27. The van der Waals surface area contributed by atoms with E-state index in [1.54, 1.807) is 49.6 Å². The Balaban J connectivity index is 1.50.